The number of rotatable bonds is 4. The van der Waals surface area contributed by atoms with Crippen molar-refractivity contribution in [3.63, 3.8) is 0 Å². The lowest BCUT2D eigenvalue weighted by Crippen LogP contribution is -2.26. The van der Waals surface area contributed by atoms with Crippen LogP contribution in [-0.2, 0) is 18.4 Å². The zero-order valence-corrected chi connectivity index (χ0v) is 10.9. The van der Waals surface area contributed by atoms with Crippen molar-refractivity contribution in [2.75, 3.05) is 0 Å². The van der Waals surface area contributed by atoms with Gasteiger partial charge in [-0.3, -0.25) is 9.48 Å². The highest BCUT2D eigenvalue weighted by molar-refractivity contribution is 5.76. The summed E-state index contributed by atoms with van der Waals surface area (Å²) in [4.78, 5) is 11.9. The smallest absolute Gasteiger partial charge is 0.220 e. The fraction of sp³-hybridized carbons (Fsp3) is 0.714. The number of nitrogens with zero attached hydrogens (tertiary/aromatic N) is 2. The van der Waals surface area contributed by atoms with Crippen LogP contribution in [0.2, 0.25) is 0 Å². The second-order valence-corrected chi connectivity index (χ2v) is 5.94. The van der Waals surface area contributed by atoms with Gasteiger partial charge < -0.3 is 5.32 Å². The molecular weight excluding hydrogens is 226 g/mol. The highest BCUT2D eigenvalue weighted by Gasteiger charge is 2.39. The molecule has 2 saturated carbocycles. The van der Waals surface area contributed by atoms with Crippen molar-refractivity contribution in [2.45, 2.75) is 38.6 Å². The molecule has 98 valence electrons. The van der Waals surface area contributed by atoms with Crippen molar-refractivity contribution >= 4 is 5.91 Å². The molecule has 1 aromatic heterocycles. The van der Waals surface area contributed by atoms with Gasteiger partial charge in [0.2, 0.25) is 5.91 Å². The Morgan fingerprint density at radius 2 is 2.39 bits per heavy atom. The topological polar surface area (TPSA) is 46.9 Å². The molecule has 0 aromatic carbocycles. The van der Waals surface area contributed by atoms with E-state index in [0.717, 1.165) is 23.8 Å². The first-order valence-electron chi connectivity index (χ1n) is 6.95. The summed E-state index contributed by atoms with van der Waals surface area (Å²) in [6.07, 6.45) is 9.88. The molecule has 2 fully saturated rings. The molecule has 4 nitrogen and oxygen atoms in total. The molecule has 0 aliphatic heterocycles. The van der Waals surface area contributed by atoms with Gasteiger partial charge >= 0.3 is 0 Å². The van der Waals surface area contributed by atoms with Crippen LogP contribution in [0, 0.1) is 17.8 Å². The molecule has 1 heterocycles. The Morgan fingerprint density at radius 3 is 3.00 bits per heavy atom. The Morgan fingerprint density at radius 1 is 1.50 bits per heavy atom. The molecule has 3 unspecified atom stereocenters. The minimum absolute atomic E-state index is 0.205. The van der Waals surface area contributed by atoms with E-state index in [4.69, 9.17) is 0 Å². The van der Waals surface area contributed by atoms with Crippen LogP contribution in [0.3, 0.4) is 0 Å². The van der Waals surface area contributed by atoms with E-state index >= 15 is 0 Å². The van der Waals surface area contributed by atoms with E-state index in [1.54, 1.807) is 10.9 Å². The fourth-order valence-corrected chi connectivity index (χ4v) is 3.70. The maximum Gasteiger partial charge on any atom is 0.220 e. The van der Waals surface area contributed by atoms with Gasteiger partial charge in [0.25, 0.3) is 0 Å². The monoisotopic (exact) mass is 247 g/mol. The summed E-state index contributed by atoms with van der Waals surface area (Å²) >= 11 is 0. The van der Waals surface area contributed by atoms with Gasteiger partial charge in [-0.05, 0) is 37.0 Å². The summed E-state index contributed by atoms with van der Waals surface area (Å²) in [6, 6.07) is 0. The SMILES string of the molecule is Cn1cc(CNC(=O)CC2CC3CCC2C3)cn1. The van der Waals surface area contributed by atoms with Crippen LogP contribution in [0.5, 0.6) is 0 Å². The summed E-state index contributed by atoms with van der Waals surface area (Å²) in [5.74, 6) is 2.61. The van der Waals surface area contributed by atoms with E-state index in [1.807, 2.05) is 13.2 Å². The number of aromatic nitrogens is 2. The van der Waals surface area contributed by atoms with Crippen LogP contribution < -0.4 is 5.32 Å². The third kappa shape index (κ3) is 2.42. The Balaban J connectivity index is 1.45. The molecule has 2 aliphatic carbocycles. The quantitative estimate of drug-likeness (QED) is 0.882. The van der Waals surface area contributed by atoms with Crippen molar-refractivity contribution in [3.05, 3.63) is 18.0 Å². The Bertz CT molecular complexity index is 440. The Labute approximate surface area is 108 Å². The zero-order valence-electron chi connectivity index (χ0n) is 10.9. The molecule has 18 heavy (non-hydrogen) atoms. The van der Waals surface area contributed by atoms with Gasteiger partial charge in [-0.25, -0.2) is 0 Å². The molecule has 0 saturated heterocycles. The lowest BCUT2D eigenvalue weighted by atomic mass is 9.86. The van der Waals surface area contributed by atoms with Gasteiger partial charge in [0, 0.05) is 31.8 Å². The van der Waals surface area contributed by atoms with E-state index in [2.05, 4.69) is 10.4 Å². The second kappa shape index (κ2) is 4.75. The number of amides is 1. The normalized spacial score (nSPS) is 29.7. The van der Waals surface area contributed by atoms with Gasteiger partial charge in [-0.15, -0.1) is 0 Å². The van der Waals surface area contributed by atoms with Crippen LogP contribution in [-0.4, -0.2) is 15.7 Å². The van der Waals surface area contributed by atoms with E-state index in [9.17, 15) is 4.79 Å². The first kappa shape index (κ1) is 11.8. The van der Waals surface area contributed by atoms with Gasteiger partial charge in [-0.2, -0.15) is 5.10 Å². The van der Waals surface area contributed by atoms with Crippen molar-refractivity contribution < 1.29 is 4.79 Å². The number of hydrogen-bond donors (Lipinski definition) is 1. The summed E-state index contributed by atoms with van der Waals surface area (Å²) in [6.45, 7) is 0.605. The van der Waals surface area contributed by atoms with Gasteiger partial charge in [0.1, 0.15) is 0 Å². The van der Waals surface area contributed by atoms with E-state index in [1.165, 1.54) is 25.7 Å². The third-order valence-corrected chi connectivity index (χ3v) is 4.58. The van der Waals surface area contributed by atoms with Crippen molar-refractivity contribution in [1.29, 1.82) is 0 Å². The summed E-state index contributed by atoms with van der Waals surface area (Å²) in [5.41, 5.74) is 1.07. The van der Waals surface area contributed by atoms with Gasteiger partial charge in [0.15, 0.2) is 0 Å². The molecule has 3 rings (SSSR count). The maximum absolute atomic E-state index is 11.9. The van der Waals surface area contributed by atoms with Crippen LogP contribution in [0.4, 0.5) is 0 Å². The summed E-state index contributed by atoms with van der Waals surface area (Å²) in [7, 11) is 1.89. The first-order chi connectivity index (χ1) is 8.70. The molecule has 1 N–H and O–H groups in total. The van der Waals surface area contributed by atoms with E-state index in [0.29, 0.717) is 12.5 Å². The largest absolute Gasteiger partial charge is 0.352 e. The molecule has 1 amide bonds. The molecule has 2 bridgehead atoms. The molecular formula is C14H21N3O. The maximum atomic E-state index is 11.9. The number of aryl methyl sites for hydroxylation is 1. The number of hydrogen-bond acceptors (Lipinski definition) is 2. The van der Waals surface area contributed by atoms with Crippen molar-refractivity contribution in [3.8, 4) is 0 Å². The van der Waals surface area contributed by atoms with E-state index in [-0.39, 0.29) is 5.91 Å². The van der Waals surface area contributed by atoms with Crippen LogP contribution in [0.15, 0.2) is 12.4 Å². The van der Waals surface area contributed by atoms with Gasteiger partial charge in [0.05, 0.1) is 6.20 Å². The Hall–Kier alpha value is -1.32. The van der Waals surface area contributed by atoms with Crippen LogP contribution in [0.1, 0.15) is 37.7 Å². The Kier molecular flexibility index (Phi) is 3.10. The highest BCUT2D eigenvalue weighted by atomic mass is 16.1. The first-order valence-corrected chi connectivity index (χ1v) is 6.95. The molecule has 2 aliphatic rings. The summed E-state index contributed by atoms with van der Waals surface area (Å²) in [5, 5.41) is 7.10. The average molecular weight is 247 g/mol. The van der Waals surface area contributed by atoms with Crippen LogP contribution in [0.25, 0.3) is 0 Å². The number of carbonyl (C=O) groups excluding carboxylic acids is 1. The van der Waals surface area contributed by atoms with E-state index < -0.39 is 0 Å². The zero-order chi connectivity index (χ0) is 12.5. The average Bonchev–Trinajstić information content (AvgIpc) is 3.03. The third-order valence-electron chi connectivity index (χ3n) is 4.58. The number of fused-ring (bicyclic) bond motifs is 2. The van der Waals surface area contributed by atoms with Crippen molar-refractivity contribution in [1.82, 2.24) is 15.1 Å². The van der Waals surface area contributed by atoms with Gasteiger partial charge in [-0.1, -0.05) is 6.42 Å². The predicted molar refractivity (Wildman–Crippen MR) is 68.6 cm³/mol. The number of carbonyl (C=O) groups is 1. The highest BCUT2D eigenvalue weighted by Crippen LogP contribution is 2.49. The molecule has 0 spiro atoms. The molecule has 0 radical (unpaired) electrons. The minimum atomic E-state index is 0.205. The number of nitrogens with one attached hydrogen (secondary N) is 1. The molecule has 3 atom stereocenters. The summed E-state index contributed by atoms with van der Waals surface area (Å²) < 4.78 is 1.76. The molecule has 1 aromatic rings. The standard InChI is InChI=1S/C14H21N3O/c1-17-9-11(8-16-17)7-15-14(18)6-13-5-10-2-3-12(13)4-10/h8-10,12-13H,2-7H2,1H3,(H,15,18). The van der Waals surface area contributed by atoms with Crippen LogP contribution >= 0.6 is 0 Å². The predicted octanol–water partition coefficient (Wildman–Crippen LogP) is 1.86. The van der Waals surface area contributed by atoms with Crippen molar-refractivity contribution in [2.24, 2.45) is 24.8 Å². The lowest BCUT2D eigenvalue weighted by Gasteiger charge is -2.20. The lowest BCUT2D eigenvalue weighted by molar-refractivity contribution is -0.122. The fourth-order valence-electron chi connectivity index (χ4n) is 3.70. The minimum Gasteiger partial charge on any atom is -0.352 e. The second-order valence-electron chi connectivity index (χ2n) is 5.94. The molecule has 4 heteroatoms.